The summed E-state index contributed by atoms with van der Waals surface area (Å²) in [5, 5.41) is 11.5. The van der Waals surface area contributed by atoms with Crippen LogP contribution in [0.3, 0.4) is 0 Å². The highest BCUT2D eigenvalue weighted by Crippen LogP contribution is 2.12. The lowest BCUT2D eigenvalue weighted by atomic mass is 10.2. The third kappa shape index (κ3) is 4.79. The van der Waals surface area contributed by atoms with Crippen LogP contribution in [0.1, 0.15) is 17.3 Å². The molecule has 7 heteroatoms. The molecular weight excluding hydrogens is 276 g/mol. The molecule has 1 aromatic carbocycles. The molecule has 0 saturated heterocycles. The van der Waals surface area contributed by atoms with Gasteiger partial charge in [0.1, 0.15) is 0 Å². The molecule has 21 heavy (non-hydrogen) atoms. The molecule has 1 unspecified atom stereocenters. The first-order valence-electron chi connectivity index (χ1n) is 6.28. The van der Waals surface area contributed by atoms with E-state index in [0.717, 1.165) is 0 Å². The summed E-state index contributed by atoms with van der Waals surface area (Å²) >= 11 is 0. The van der Waals surface area contributed by atoms with Crippen molar-refractivity contribution in [3.63, 3.8) is 0 Å². The number of urea groups is 1. The normalized spacial score (nSPS) is 11.4. The van der Waals surface area contributed by atoms with Gasteiger partial charge < -0.3 is 20.1 Å². The van der Waals surface area contributed by atoms with Crippen LogP contribution in [0.25, 0.3) is 0 Å². The number of aromatic carboxylic acids is 1. The fourth-order valence-corrected chi connectivity index (χ4v) is 1.72. The molecule has 0 heterocycles. The molecule has 0 aliphatic rings. The van der Waals surface area contributed by atoms with Gasteiger partial charge in [-0.1, -0.05) is 13.0 Å². The van der Waals surface area contributed by atoms with Crippen molar-refractivity contribution in [1.82, 2.24) is 4.90 Å². The zero-order chi connectivity index (χ0) is 16.0. The Morgan fingerprint density at radius 1 is 1.38 bits per heavy atom. The van der Waals surface area contributed by atoms with E-state index in [1.165, 1.54) is 37.3 Å². The van der Waals surface area contributed by atoms with Crippen molar-refractivity contribution in [2.45, 2.75) is 6.92 Å². The molecule has 0 radical (unpaired) electrons. The van der Waals surface area contributed by atoms with Gasteiger partial charge in [0.15, 0.2) is 0 Å². The Morgan fingerprint density at radius 2 is 2.05 bits per heavy atom. The van der Waals surface area contributed by atoms with Crippen LogP contribution in [0.4, 0.5) is 10.5 Å². The summed E-state index contributed by atoms with van der Waals surface area (Å²) in [5.41, 5.74) is 0.454. The van der Waals surface area contributed by atoms with Gasteiger partial charge in [-0.05, 0) is 18.2 Å². The summed E-state index contributed by atoms with van der Waals surface area (Å²) in [4.78, 5) is 35.4. The molecule has 0 spiro atoms. The first-order valence-corrected chi connectivity index (χ1v) is 6.28. The van der Waals surface area contributed by atoms with Gasteiger partial charge in [-0.2, -0.15) is 0 Å². The number of anilines is 1. The van der Waals surface area contributed by atoms with Gasteiger partial charge in [0.2, 0.25) is 0 Å². The minimum atomic E-state index is -1.07. The Kier molecular flexibility index (Phi) is 5.71. The second kappa shape index (κ2) is 7.28. The lowest BCUT2D eigenvalue weighted by Gasteiger charge is -2.20. The van der Waals surface area contributed by atoms with E-state index in [1.54, 1.807) is 13.0 Å². The molecule has 0 saturated carbocycles. The van der Waals surface area contributed by atoms with Crippen LogP contribution in [0.2, 0.25) is 0 Å². The minimum Gasteiger partial charge on any atom is -0.478 e. The summed E-state index contributed by atoms with van der Waals surface area (Å²) < 4.78 is 4.59. The van der Waals surface area contributed by atoms with E-state index in [2.05, 4.69) is 10.1 Å². The molecule has 1 aromatic rings. The third-order valence-electron chi connectivity index (χ3n) is 2.86. The maximum atomic E-state index is 12.0. The zero-order valence-electron chi connectivity index (χ0n) is 12.1. The summed E-state index contributed by atoms with van der Waals surface area (Å²) in [5.74, 6) is -1.92. The van der Waals surface area contributed by atoms with E-state index >= 15 is 0 Å². The molecular formula is C14H18N2O5. The highest BCUT2D eigenvalue weighted by Gasteiger charge is 2.18. The lowest BCUT2D eigenvalue weighted by Crippen LogP contribution is -2.37. The predicted molar refractivity (Wildman–Crippen MR) is 76.2 cm³/mol. The van der Waals surface area contributed by atoms with Crippen LogP contribution >= 0.6 is 0 Å². The van der Waals surface area contributed by atoms with Gasteiger partial charge >= 0.3 is 18.0 Å². The predicted octanol–water partition coefficient (Wildman–Crippen LogP) is 1.66. The second-order valence-corrected chi connectivity index (χ2v) is 4.62. The molecule has 0 aromatic heterocycles. The average molecular weight is 294 g/mol. The number of carbonyl (C=O) groups excluding carboxylic acids is 2. The fourth-order valence-electron chi connectivity index (χ4n) is 1.72. The number of hydrogen-bond donors (Lipinski definition) is 2. The van der Waals surface area contributed by atoms with Crippen molar-refractivity contribution in [2.24, 2.45) is 5.92 Å². The number of rotatable bonds is 5. The van der Waals surface area contributed by atoms with Crippen LogP contribution in [0.5, 0.6) is 0 Å². The van der Waals surface area contributed by atoms with Crippen LogP contribution < -0.4 is 5.32 Å². The van der Waals surface area contributed by atoms with E-state index in [0.29, 0.717) is 5.69 Å². The lowest BCUT2D eigenvalue weighted by molar-refractivity contribution is -0.145. The molecule has 114 valence electrons. The first-order chi connectivity index (χ1) is 9.85. The van der Waals surface area contributed by atoms with E-state index in [1.807, 2.05) is 0 Å². The standard InChI is InChI=1S/C14H18N2O5/c1-9(13(19)21-3)8-16(2)14(20)15-11-6-4-5-10(7-11)12(17)18/h4-7,9H,8H2,1-3H3,(H,15,20)(H,17,18). The monoisotopic (exact) mass is 294 g/mol. The Hall–Kier alpha value is -2.57. The first kappa shape index (κ1) is 16.5. The van der Waals surface area contributed by atoms with Crippen molar-refractivity contribution in [1.29, 1.82) is 0 Å². The molecule has 0 fully saturated rings. The zero-order valence-corrected chi connectivity index (χ0v) is 12.1. The average Bonchev–Trinajstić information content (AvgIpc) is 2.46. The maximum Gasteiger partial charge on any atom is 0.335 e. The number of carboxylic acids is 1. The number of benzene rings is 1. The smallest absolute Gasteiger partial charge is 0.335 e. The molecule has 7 nitrogen and oxygen atoms in total. The summed E-state index contributed by atoms with van der Waals surface area (Å²) in [6, 6.07) is 5.48. The molecule has 2 amide bonds. The van der Waals surface area contributed by atoms with Gasteiger partial charge in [-0.25, -0.2) is 9.59 Å². The maximum absolute atomic E-state index is 12.0. The Morgan fingerprint density at radius 3 is 2.62 bits per heavy atom. The number of nitrogens with one attached hydrogen (secondary N) is 1. The summed E-state index contributed by atoms with van der Waals surface area (Å²) in [6.07, 6.45) is 0. The molecule has 0 aliphatic carbocycles. The van der Waals surface area contributed by atoms with Crippen molar-refractivity contribution in [3.8, 4) is 0 Å². The topological polar surface area (TPSA) is 95.9 Å². The van der Waals surface area contributed by atoms with Crippen molar-refractivity contribution >= 4 is 23.7 Å². The number of hydrogen-bond acceptors (Lipinski definition) is 4. The number of esters is 1. The highest BCUT2D eigenvalue weighted by molar-refractivity contribution is 5.93. The molecule has 1 rings (SSSR count). The van der Waals surface area contributed by atoms with E-state index in [4.69, 9.17) is 5.11 Å². The summed E-state index contributed by atoms with van der Waals surface area (Å²) in [7, 11) is 2.83. The van der Waals surface area contributed by atoms with Crippen LogP contribution in [-0.2, 0) is 9.53 Å². The van der Waals surface area contributed by atoms with Crippen molar-refractivity contribution < 1.29 is 24.2 Å². The number of ether oxygens (including phenoxy) is 1. The number of amides is 2. The molecule has 0 bridgehead atoms. The number of carbonyl (C=O) groups is 3. The third-order valence-corrected chi connectivity index (χ3v) is 2.86. The highest BCUT2D eigenvalue weighted by atomic mass is 16.5. The van der Waals surface area contributed by atoms with Crippen LogP contribution in [0.15, 0.2) is 24.3 Å². The largest absolute Gasteiger partial charge is 0.478 e. The summed E-state index contributed by atoms with van der Waals surface area (Å²) in [6.45, 7) is 1.85. The fraction of sp³-hybridized carbons (Fsp3) is 0.357. The van der Waals surface area contributed by atoms with Crippen molar-refractivity contribution in [2.75, 3.05) is 26.0 Å². The Labute approximate surface area is 122 Å². The number of nitrogens with zero attached hydrogens (tertiary/aromatic N) is 1. The van der Waals surface area contributed by atoms with E-state index in [-0.39, 0.29) is 12.1 Å². The number of carboxylic acid groups (broad SMARTS) is 1. The molecule has 0 aliphatic heterocycles. The minimum absolute atomic E-state index is 0.0818. The van der Waals surface area contributed by atoms with Crippen LogP contribution in [-0.4, -0.2) is 48.7 Å². The van der Waals surface area contributed by atoms with E-state index in [9.17, 15) is 14.4 Å². The van der Waals surface area contributed by atoms with Gasteiger partial charge in [0.25, 0.3) is 0 Å². The van der Waals surface area contributed by atoms with Gasteiger partial charge in [-0.3, -0.25) is 4.79 Å². The van der Waals surface area contributed by atoms with Crippen LogP contribution in [0, 0.1) is 5.92 Å². The molecule has 2 N–H and O–H groups in total. The Balaban J connectivity index is 2.66. The SMILES string of the molecule is COC(=O)C(C)CN(C)C(=O)Nc1cccc(C(=O)O)c1. The van der Waals surface area contributed by atoms with Gasteiger partial charge in [-0.15, -0.1) is 0 Å². The quantitative estimate of drug-likeness (QED) is 0.805. The number of methoxy groups -OCH3 is 1. The van der Waals surface area contributed by atoms with Gasteiger partial charge in [0, 0.05) is 19.3 Å². The second-order valence-electron chi connectivity index (χ2n) is 4.62. The van der Waals surface area contributed by atoms with Crippen molar-refractivity contribution in [3.05, 3.63) is 29.8 Å². The molecule has 1 atom stereocenters. The van der Waals surface area contributed by atoms with Gasteiger partial charge in [0.05, 0.1) is 18.6 Å². The van der Waals surface area contributed by atoms with E-state index < -0.39 is 23.9 Å². The Bertz CT molecular complexity index is 544.